The van der Waals surface area contributed by atoms with E-state index in [2.05, 4.69) is 41.7 Å². The summed E-state index contributed by atoms with van der Waals surface area (Å²) in [5, 5.41) is 12.8. The largest absolute Gasteiger partial charge is 0.377 e. The Morgan fingerprint density at radius 3 is 1.71 bits per heavy atom. The standard InChI is InChI=1S/C36H66N6O10/c1-35(2,3)9-7-8-10-37-34(45)38-11-13-46-15-17-48-19-21-50-23-25-52-26-24-51-22-20-49-18-16-47-14-12-41-28-30(39-40-41)29-42-32(43)27-31(33(42)44)36(4,5)6/h28,31H,7-27,29H2,1-6H3,(H2,37,38,45)/p+1. The third-order valence-corrected chi connectivity index (χ3v) is 8.12. The summed E-state index contributed by atoms with van der Waals surface area (Å²) in [5.74, 6) is -0.575. The van der Waals surface area contributed by atoms with Gasteiger partial charge in [0.05, 0.1) is 98.4 Å². The average Bonchev–Trinajstić information content (AvgIpc) is 3.65. The molecule has 0 aliphatic carbocycles. The van der Waals surface area contributed by atoms with Gasteiger partial charge in [-0.2, -0.15) is 4.68 Å². The fraction of sp³-hybridized carbons (Fsp3) is 0.861. The van der Waals surface area contributed by atoms with E-state index in [1.165, 1.54) is 4.90 Å². The van der Waals surface area contributed by atoms with E-state index in [9.17, 15) is 14.4 Å². The summed E-state index contributed by atoms with van der Waals surface area (Å²) >= 11 is 0. The van der Waals surface area contributed by atoms with Gasteiger partial charge in [0.25, 0.3) is 0 Å². The molecule has 52 heavy (non-hydrogen) atoms. The van der Waals surface area contributed by atoms with Crippen LogP contribution in [0.15, 0.2) is 6.20 Å². The van der Waals surface area contributed by atoms with Crippen molar-refractivity contribution in [2.45, 2.75) is 80.3 Å². The van der Waals surface area contributed by atoms with Gasteiger partial charge in [0.2, 0.25) is 17.5 Å². The number of unbranched alkanes of at least 4 members (excludes halogenated alkanes) is 1. The highest BCUT2D eigenvalue weighted by molar-refractivity contribution is 6.03. The van der Waals surface area contributed by atoms with Crippen molar-refractivity contribution in [1.29, 1.82) is 0 Å². The molecule has 1 aromatic heterocycles. The molecule has 1 saturated heterocycles. The molecule has 3 N–H and O–H groups in total. The average molecular weight is 744 g/mol. The first-order valence-electron chi connectivity index (χ1n) is 18.7. The lowest BCUT2D eigenvalue weighted by atomic mass is 9.80. The maximum Gasteiger partial charge on any atom is 0.314 e. The fourth-order valence-electron chi connectivity index (χ4n) is 5.11. The van der Waals surface area contributed by atoms with E-state index in [-0.39, 0.29) is 42.1 Å². The van der Waals surface area contributed by atoms with Crippen LogP contribution < -0.4 is 15.3 Å². The Labute approximate surface area is 310 Å². The van der Waals surface area contributed by atoms with Crippen molar-refractivity contribution in [2.75, 3.05) is 106 Å². The van der Waals surface area contributed by atoms with Crippen LogP contribution in [-0.4, -0.2) is 139 Å². The maximum atomic E-state index is 12.7. The number of ether oxygens (including phenoxy) is 7. The molecular formula is C36H67N6O10+. The van der Waals surface area contributed by atoms with Crippen molar-refractivity contribution >= 4 is 17.8 Å². The molecule has 0 radical (unpaired) electrons. The predicted molar refractivity (Wildman–Crippen MR) is 192 cm³/mol. The number of hydrogen-bond donors (Lipinski definition) is 3. The second kappa shape index (κ2) is 26.1. The number of hydrogen-bond acceptors (Lipinski definition) is 11. The zero-order chi connectivity index (χ0) is 38.1. The van der Waals surface area contributed by atoms with Crippen molar-refractivity contribution in [3.05, 3.63) is 11.9 Å². The van der Waals surface area contributed by atoms with Crippen molar-refractivity contribution in [1.82, 2.24) is 25.8 Å². The minimum absolute atomic E-state index is 0.129. The van der Waals surface area contributed by atoms with Crippen LogP contribution in [-0.2, 0) is 55.8 Å². The van der Waals surface area contributed by atoms with Gasteiger partial charge >= 0.3 is 6.03 Å². The van der Waals surface area contributed by atoms with Crippen LogP contribution in [0.4, 0.5) is 4.79 Å². The molecule has 1 aliphatic heterocycles. The Hall–Kier alpha value is -2.73. The number of rotatable bonds is 30. The van der Waals surface area contributed by atoms with Crippen molar-refractivity contribution < 1.29 is 52.2 Å². The van der Waals surface area contributed by atoms with Gasteiger partial charge in [-0.25, -0.2) is 4.79 Å². The summed E-state index contributed by atoms with van der Waals surface area (Å²) < 4.78 is 40.4. The van der Waals surface area contributed by atoms with Crippen LogP contribution in [0.5, 0.6) is 0 Å². The number of nitrogens with zero attached hydrogens (tertiary/aromatic N) is 3. The summed E-state index contributed by atoms with van der Waals surface area (Å²) in [6.07, 6.45) is 5.28. The van der Waals surface area contributed by atoms with Gasteiger partial charge in [0.15, 0.2) is 6.20 Å². The quantitative estimate of drug-likeness (QED) is 0.0599. The molecule has 16 heteroatoms. The van der Waals surface area contributed by atoms with E-state index in [0.29, 0.717) is 123 Å². The molecule has 1 unspecified atom stereocenters. The van der Waals surface area contributed by atoms with Crippen LogP contribution in [0.1, 0.15) is 72.9 Å². The van der Waals surface area contributed by atoms with E-state index in [0.717, 1.165) is 19.3 Å². The lowest BCUT2D eigenvalue weighted by Crippen LogP contribution is -2.38. The molecular weight excluding hydrogens is 676 g/mol. The molecule has 2 heterocycles. The molecule has 0 spiro atoms. The lowest BCUT2D eigenvalue weighted by molar-refractivity contribution is -0.754. The van der Waals surface area contributed by atoms with E-state index in [1.54, 1.807) is 10.9 Å². The van der Waals surface area contributed by atoms with Crippen LogP contribution in [0.2, 0.25) is 0 Å². The normalized spacial score (nSPS) is 15.2. The first-order valence-corrected chi connectivity index (χ1v) is 18.7. The third-order valence-electron chi connectivity index (χ3n) is 8.12. The summed E-state index contributed by atoms with van der Waals surface area (Å²) in [6, 6.07) is -0.159. The van der Waals surface area contributed by atoms with Crippen LogP contribution >= 0.6 is 0 Å². The first-order chi connectivity index (χ1) is 24.9. The number of imide groups is 1. The van der Waals surface area contributed by atoms with Crippen LogP contribution in [0.3, 0.4) is 0 Å². The van der Waals surface area contributed by atoms with E-state index >= 15 is 0 Å². The molecule has 300 valence electrons. The Morgan fingerprint density at radius 1 is 0.750 bits per heavy atom. The summed E-state index contributed by atoms with van der Waals surface area (Å²) in [5.41, 5.74) is 0.707. The molecule has 0 saturated carbocycles. The van der Waals surface area contributed by atoms with Crippen molar-refractivity contribution in [2.24, 2.45) is 16.7 Å². The highest BCUT2D eigenvalue weighted by atomic mass is 16.6. The Morgan fingerprint density at radius 2 is 1.23 bits per heavy atom. The molecule has 1 aromatic rings. The predicted octanol–water partition coefficient (Wildman–Crippen LogP) is 2.25. The lowest BCUT2D eigenvalue weighted by Gasteiger charge is -2.24. The summed E-state index contributed by atoms with van der Waals surface area (Å²) in [4.78, 5) is 38.1. The fourth-order valence-corrected chi connectivity index (χ4v) is 5.11. The molecule has 1 fully saturated rings. The zero-order valence-electron chi connectivity index (χ0n) is 32.6. The minimum Gasteiger partial charge on any atom is -0.377 e. The van der Waals surface area contributed by atoms with Gasteiger partial charge in [-0.15, -0.1) is 0 Å². The highest BCUT2D eigenvalue weighted by Crippen LogP contribution is 2.35. The first kappa shape index (κ1) is 45.4. The van der Waals surface area contributed by atoms with Gasteiger partial charge in [0.1, 0.15) is 13.1 Å². The van der Waals surface area contributed by atoms with Crippen LogP contribution in [0, 0.1) is 16.7 Å². The molecule has 4 amide bonds. The summed E-state index contributed by atoms with van der Waals surface area (Å²) in [7, 11) is 0. The molecule has 0 aromatic carbocycles. The number of H-pyrrole nitrogens is 1. The number of aromatic nitrogens is 3. The van der Waals surface area contributed by atoms with Gasteiger partial charge < -0.3 is 43.8 Å². The Balaban J connectivity index is 1.26. The van der Waals surface area contributed by atoms with Gasteiger partial charge in [-0.3, -0.25) is 14.5 Å². The molecule has 0 bridgehead atoms. The topological polar surface area (TPSA) is 176 Å². The SMILES string of the molecule is CC(C)(C)CCCCNC(=O)NCCOCCOCCOCCOCCOCCOCCOCC[n+]1cc(CN2C(=O)CC(C(C)(C)C)C2=O)n[nH]1. The number of amides is 4. The number of urea groups is 1. The molecule has 1 atom stereocenters. The van der Waals surface area contributed by atoms with Gasteiger partial charge in [-0.05, 0) is 23.7 Å². The second-order valence-electron chi connectivity index (χ2n) is 15.0. The number of aromatic amines is 1. The summed E-state index contributed by atoms with van der Waals surface area (Å²) in [6.45, 7) is 21.0. The second-order valence-corrected chi connectivity index (χ2v) is 15.0. The highest BCUT2D eigenvalue weighted by Gasteiger charge is 2.45. The number of carbonyl (C=O) groups excluding carboxylic acids is 3. The molecule has 16 nitrogen and oxygen atoms in total. The zero-order valence-corrected chi connectivity index (χ0v) is 32.6. The van der Waals surface area contributed by atoms with Crippen molar-refractivity contribution in [3.8, 4) is 0 Å². The minimum atomic E-state index is -0.295. The van der Waals surface area contributed by atoms with E-state index in [4.69, 9.17) is 33.2 Å². The van der Waals surface area contributed by atoms with Crippen LogP contribution in [0.25, 0.3) is 0 Å². The van der Waals surface area contributed by atoms with Crippen molar-refractivity contribution in [3.63, 3.8) is 0 Å². The van der Waals surface area contributed by atoms with E-state index in [1.807, 2.05) is 20.8 Å². The monoisotopic (exact) mass is 743 g/mol. The Bertz CT molecular complexity index is 1120. The maximum absolute atomic E-state index is 12.7. The van der Waals surface area contributed by atoms with E-state index < -0.39 is 0 Å². The molecule has 2 rings (SSSR count). The number of carbonyl (C=O) groups is 3. The Kier molecular flexibility index (Phi) is 22.8. The smallest absolute Gasteiger partial charge is 0.314 e. The number of nitrogens with one attached hydrogen (secondary N) is 3. The van der Waals surface area contributed by atoms with Gasteiger partial charge in [-0.1, -0.05) is 53.2 Å². The third kappa shape index (κ3) is 21.7. The number of likely N-dealkylation sites (tertiary alicyclic amines) is 1. The molecule has 1 aliphatic rings. The van der Waals surface area contributed by atoms with Gasteiger partial charge in [0, 0.05) is 24.6 Å².